The van der Waals surface area contributed by atoms with E-state index in [0.717, 1.165) is 0 Å². The second-order valence-electron chi connectivity index (χ2n) is 4.18. The van der Waals surface area contributed by atoms with Gasteiger partial charge in [0, 0.05) is 6.54 Å². The van der Waals surface area contributed by atoms with Crippen LogP contribution in [0.1, 0.15) is 13.8 Å². The summed E-state index contributed by atoms with van der Waals surface area (Å²) in [7, 11) is 0. The van der Waals surface area contributed by atoms with Gasteiger partial charge in [-0.3, -0.25) is 4.79 Å². The molecule has 0 aromatic heterocycles. The van der Waals surface area contributed by atoms with Gasteiger partial charge in [0.25, 0.3) is 0 Å². The van der Waals surface area contributed by atoms with E-state index in [1.54, 1.807) is 0 Å². The zero-order valence-electron chi connectivity index (χ0n) is 9.89. The van der Waals surface area contributed by atoms with Crippen molar-refractivity contribution in [1.29, 1.82) is 0 Å². The second-order valence-corrected chi connectivity index (χ2v) is 4.58. The van der Waals surface area contributed by atoms with Gasteiger partial charge in [-0.05, 0) is 24.1 Å². The van der Waals surface area contributed by atoms with Crippen LogP contribution in [0.2, 0.25) is 5.02 Å². The molecule has 5 heteroatoms. The average Bonchev–Trinajstić information content (AvgIpc) is 2.27. The fourth-order valence-corrected chi connectivity index (χ4v) is 1.37. The number of halogens is 2. The van der Waals surface area contributed by atoms with Gasteiger partial charge in [0.1, 0.15) is 5.82 Å². The van der Waals surface area contributed by atoms with Gasteiger partial charge in [-0.2, -0.15) is 0 Å². The highest BCUT2D eigenvalue weighted by Gasteiger charge is 2.05. The van der Waals surface area contributed by atoms with Gasteiger partial charge >= 0.3 is 0 Å². The molecule has 94 valence electrons. The van der Waals surface area contributed by atoms with Gasteiger partial charge in [0.2, 0.25) is 5.91 Å². The van der Waals surface area contributed by atoms with Crippen molar-refractivity contribution in [3.63, 3.8) is 0 Å². The number of benzene rings is 1. The Labute approximate surface area is 105 Å². The first-order valence-electron chi connectivity index (χ1n) is 5.44. The van der Waals surface area contributed by atoms with Gasteiger partial charge < -0.3 is 10.6 Å². The maximum atomic E-state index is 12.9. The molecular weight excluding hydrogens is 243 g/mol. The maximum absolute atomic E-state index is 12.9. The third kappa shape index (κ3) is 5.04. The molecule has 1 aromatic rings. The van der Waals surface area contributed by atoms with Crippen molar-refractivity contribution in [3.8, 4) is 0 Å². The first-order chi connectivity index (χ1) is 7.99. The number of hydrogen-bond donors (Lipinski definition) is 2. The highest BCUT2D eigenvalue weighted by atomic mass is 35.5. The minimum absolute atomic E-state index is 0.0793. The Hall–Kier alpha value is -1.29. The molecule has 0 saturated carbocycles. The lowest BCUT2D eigenvalue weighted by atomic mass is 10.2. The smallest absolute Gasteiger partial charge is 0.239 e. The highest BCUT2D eigenvalue weighted by Crippen LogP contribution is 2.21. The minimum atomic E-state index is -0.389. The van der Waals surface area contributed by atoms with E-state index < -0.39 is 0 Å². The molecule has 0 aliphatic heterocycles. The van der Waals surface area contributed by atoms with Crippen molar-refractivity contribution in [2.75, 3.05) is 18.4 Å². The fraction of sp³-hybridized carbons (Fsp3) is 0.417. The molecule has 0 unspecified atom stereocenters. The van der Waals surface area contributed by atoms with Crippen LogP contribution < -0.4 is 10.6 Å². The summed E-state index contributed by atoms with van der Waals surface area (Å²) in [5, 5.41) is 5.93. The Kier molecular flexibility index (Phi) is 5.22. The maximum Gasteiger partial charge on any atom is 0.239 e. The third-order valence-corrected chi connectivity index (χ3v) is 2.40. The summed E-state index contributed by atoms with van der Waals surface area (Å²) in [5.41, 5.74) is 0.423. The zero-order chi connectivity index (χ0) is 12.8. The van der Waals surface area contributed by atoms with E-state index in [1.165, 1.54) is 18.2 Å². The van der Waals surface area contributed by atoms with E-state index in [1.807, 2.05) is 13.8 Å². The Morgan fingerprint density at radius 1 is 1.47 bits per heavy atom. The molecule has 3 nitrogen and oxygen atoms in total. The number of amides is 1. The Balaban J connectivity index is 2.44. The molecule has 1 rings (SSSR count). The quantitative estimate of drug-likeness (QED) is 0.853. The van der Waals surface area contributed by atoms with Crippen LogP contribution in [0.15, 0.2) is 18.2 Å². The van der Waals surface area contributed by atoms with Gasteiger partial charge in [-0.15, -0.1) is 0 Å². The first-order valence-corrected chi connectivity index (χ1v) is 5.82. The number of hydrogen-bond acceptors (Lipinski definition) is 2. The number of rotatable bonds is 5. The van der Waals surface area contributed by atoms with E-state index in [-0.39, 0.29) is 18.3 Å². The van der Waals surface area contributed by atoms with Crippen LogP contribution in [0.3, 0.4) is 0 Å². The first kappa shape index (κ1) is 13.8. The summed E-state index contributed by atoms with van der Waals surface area (Å²) in [4.78, 5) is 11.4. The topological polar surface area (TPSA) is 41.1 Å². The molecule has 0 heterocycles. The van der Waals surface area contributed by atoms with Crippen LogP contribution in [0, 0.1) is 11.7 Å². The highest BCUT2D eigenvalue weighted by molar-refractivity contribution is 6.33. The summed E-state index contributed by atoms with van der Waals surface area (Å²) in [6.07, 6.45) is 0. The van der Waals surface area contributed by atoms with Gasteiger partial charge in [0.15, 0.2) is 0 Å². The molecule has 0 atom stereocenters. The molecule has 0 aliphatic rings. The van der Waals surface area contributed by atoms with Crippen LogP contribution in [0.5, 0.6) is 0 Å². The van der Waals surface area contributed by atoms with Crippen LogP contribution in [0.4, 0.5) is 10.1 Å². The lowest BCUT2D eigenvalue weighted by molar-refractivity contribution is -0.119. The average molecular weight is 259 g/mol. The summed E-state index contributed by atoms with van der Waals surface area (Å²) in [5.74, 6) is -0.129. The predicted octanol–water partition coefficient (Wildman–Crippen LogP) is 2.66. The lowest BCUT2D eigenvalue weighted by Gasteiger charge is -2.10. The molecule has 0 aliphatic carbocycles. The predicted molar refractivity (Wildman–Crippen MR) is 67.7 cm³/mol. The molecule has 0 fully saturated rings. The van der Waals surface area contributed by atoms with E-state index in [9.17, 15) is 9.18 Å². The molecular formula is C12H16ClFN2O. The lowest BCUT2D eigenvalue weighted by Crippen LogP contribution is -2.32. The summed E-state index contributed by atoms with van der Waals surface area (Å²) < 4.78 is 12.9. The van der Waals surface area contributed by atoms with Crippen molar-refractivity contribution < 1.29 is 9.18 Å². The number of anilines is 1. The van der Waals surface area contributed by atoms with E-state index >= 15 is 0 Å². The van der Waals surface area contributed by atoms with Crippen molar-refractivity contribution in [2.24, 2.45) is 5.92 Å². The van der Waals surface area contributed by atoms with Crippen molar-refractivity contribution in [1.82, 2.24) is 5.32 Å². The molecule has 0 spiro atoms. The van der Waals surface area contributed by atoms with E-state index in [2.05, 4.69) is 10.6 Å². The molecule has 1 aromatic carbocycles. The number of carbonyl (C=O) groups excluding carboxylic acids is 1. The van der Waals surface area contributed by atoms with Crippen LogP contribution in [-0.4, -0.2) is 19.0 Å². The van der Waals surface area contributed by atoms with Crippen LogP contribution in [0.25, 0.3) is 0 Å². The van der Waals surface area contributed by atoms with Crippen molar-refractivity contribution >= 4 is 23.2 Å². The second kappa shape index (κ2) is 6.45. The van der Waals surface area contributed by atoms with Crippen LogP contribution >= 0.6 is 11.6 Å². The SMILES string of the molecule is CC(C)CNC(=O)CNc1cc(F)ccc1Cl. The van der Waals surface area contributed by atoms with Crippen molar-refractivity contribution in [3.05, 3.63) is 29.0 Å². The largest absolute Gasteiger partial charge is 0.375 e. The molecule has 0 saturated heterocycles. The summed E-state index contributed by atoms with van der Waals surface area (Å²) in [6.45, 7) is 4.72. The van der Waals surface area contributed by atoms with Gasteiger partial charge in [-0.1, -0.05) is 25.4 Å². The fourth-order valence-electron chi connectivity index (χ4n) is 1.19. The Bertz CT molecular complexity index is 396. The standard InChI is InChI=1S/C12H16ClFN2O/c1-8(2)6-16-12(17)7-15-11-5-9(14)3-4-10(11)13/h3-5,8,15H,6-7H2,1-2H3,(H,16,17). The number of carbonyl (C=O) groups is 1. The van der Waals surface area contributed by atoms with Crippen LogP contribution in [-0.2, 0) is 4.79 Å². The van der Waals surface area contributed by atoms with E-state index in [0.29, 0.717) is 23.2 Å². The third-order valence-electron chi connectivity index (χ3n) is 2.08. The Morgan fingerprint density at radius 2 is 2.18 bits per heavy atom. The van der Waals surface area contributed by atoms with Gasteiger partial charge in [-0.25, -0.2) is 4.39 Å². The molecule has 0 bridgehead atoms. The van der Waals surface area contributed by atoms with E-state index in [4.69, 9.17) is 11.6 Å². The zero-order valence-corrected chi connectivity index (χ0v) is 10.6. The molecule has 0 radical (unpaired) electrons. The summed E-state index contributed by atoms with van der Waals surface area (Å²) in [6, 6.07) is 3.98. The minimum Gasteiger partial charge on any atom is -0.375 e. The Morgan fingerprint density at radius 3 is 2.82 bits per heavy atom. The summed E-state index contributed by atoms with van der Waals surface area (Å²) >= 11 is 5.85. The molecule has 1 amide bonds. The molecule has 17 heavy (non-hydrogen) atoms. The monoisotopic (exact) mass is 258 g/mol. The van der Waals surface area contributed by atoms with Crippen molar-refractivity contribution in [2.45, 2.75) is 13.8 Å². The van der Waals surface area contributed by atoms with Gasteiger partial charge in [0.05, 0.1) is 17.3 Å². The molecule has 2 N–H and O–H groups in total. The number of nitrogens with one attached hydrogen (secondary N) is 2. The normalized spacial score (nSPS) is 10.4.